The van der Waals surface area contributed by atoms with Crippen molar-refractivity contribution in [3.05, 3.63) is 55.9 Å². The molecule has 3 rings (SSSR count). The summed E-state index contributed by atoms with van der Waals surface area (Å²) in [4.78, 5) is 19.1. The first kappa shape index (κ1) is 21.2. The Balaban J connectivity index is 2.14. The Morgan fingerprint density at radius 3 is 2.14 bits per heavy atom. The van der Waals surface area contributed by atoms with Crippen LogP contribution in [0.3, 0.4) is 0 Å². The summed E-state index contributed by atoms with van der Waals surface area (Å²) in [6.07, 6.45) is 3.12. The first-order chi connectivity index (χ1) is 13.3. The minimum Gasteiger partial charge on any atom is -0.507 e. The summed E-state index contributed by atoms with van der Waals surface area (Å²) in [5.74, 6) is 0.326. The molecule has 1 N–H and O–H groups in total. The third-order valence-electron chi connectivity index (χ3n) is 5.15. The van der Waals surface area contributed by atoms with E-state index in [0.29, 0.717) is 11.1 Å². The fourth-order valence-electron chi connectivity index (χ4n) is 3.31. The molecule has 0 saturated carbocycles. The van der Waals surface area contributed by atoms with E-state index in [1.807, 2.05) is 26.0 Å². The van der Waals surface area contributed by atoms with Gasteiger partial charge < -0.3 is 5.11 Å². The number of aryl methyl sites for hydroxylation is 2. The Bertz CT molecular complexity index is 1140. The maximum absolute atomic E-state index is 12.9. The molecule has 2 heterocycles. The molecule has 29 heavy (non-hydrogen) atoms. The monoisotopic (exact) mass is 411 g/mol. The predicted molar refractivity (Wildman–Crippen MR) is 122 cm³/mol. The van der Waals surface area contributed by atoms with E-state index in [2.05, 4.69) is 51.6 Å². The molecule has 5 nitrogen and oxygen atoms in total. The largest absolute Gasteiger partial charge is 0.507 e. The maximum atomic E-state index is 12.9. The zero-order valence-corrected chi connectivity index (χ0v) is 19.2. The molecule has 0 amide bonds. The molecule has 0 spiro atoms. The molecule has 0 fully saturated rings. The number of aromatic nitrogens is 2. The van der Waals surface area contributed by atoms with Crippen molar-refractivity contribution in [3.63, 3.8) is 0 Å². The van der Waals surface area contributed by atoms with Crippen LogP contribution in [0.25, 0.3) is 10.2 Å². The number of fused-ring (bicyclic) bond motifs is 1. The molecule has 0 atom stereocenters. The summed E-state index contributed by atoms with van der Waals surface area (Å²) in [6, 6.07) is 3.87. The SMILES string of the molecule is Cc1sc2ncn(/N=C/c3cc(C(C)(C)C)c(O)c(C(C)(C)C)c3)c(=O)c2c1C. The molecule has 6 heteroatoms. The van der Waals surface area contributed by atoms with Crippen molar-refractivity contribution in [2.24, 2.45) is 5.10 Å². The van der Waals surface area contributed by atoms with Crippen LogP contribution in [0.1, 0.15) is 68.7 Å². The summed E-state index contributed by atoms with van der Waals surface area (Å²) in [5.41, 5.74) is 2.89. The number of phenols is 1. The van der Waals surface area contributed by atoms with Crippen LogP contribution < -0.4 is 5.56 Å². The molecule has 0 aliphatic rings. The molecule has 0 aliphatic carbocycles. The lowest BCUT2D eigenvalue weighted by Crippen LogP contribution is -2.18. The first-order valence-electron chi connectivity index (χ1n) is 9.70. The van der Waals surface area contributed by atoms with Crippen molar-refractivity contribution in [2.75, 3.05) is 0 Å². The minimum atomic E-state index is -0.226. The number of nitrogens with zero attached hydrogens (tertiary/aromatic N) is 3. The quantitative estimate of drug-likeness (QED) is 0.585. The van der Waals surface area contributed by atoms with Crippen LogP contribution in [0.2, 0.25) is 0 Å². The summed E-state index contributed by atoms with van der Waals surface area (Å²) in [6.45, 7) is 16.3. The molecule has 1 aromatic carbocycles. The summed E-state index contributed by atoms with van der Waals surface area (Å²) in [7, 11) is 0. The molecule has 0 radical (unpaired) electrons. The van der Waals surface area contributed by atoms with Crippen molar-refractivity contribution < 1.29 is 5.11 Å². The smallest absolute Gasteiger partial charge is 0.282 e. The van der Waals surface area contributed by atoms with Crippen LogP contribution in [0.15, 0.2) is 28.4 Å². The molecule has 0 unspecified atom stereocenters. The number of phenolic OH excluding ortho intramolecular Hbond substituents is 1. The standard InChI is InChI=1S/C23H29N3O2S/c1-13-14(2)29-20-18(13)21(28)26(12-24-20)25-11-15-9-16(22(3,4)5)19(27)17(10-15)23(6,7)8/h9-12,27H,1-8H3/b25-11+. The highest BCUT2D eigenvalue weighted by molar-refractivity contribution is 7.18. The Hall–Kier alpha value is -2.47. The van der Waals surface area contributed by atoms with Crippen molar-refractivity contribution in [3.8, 4) is 5.75 Å². The Morgan fingerprint density at radius 1 is 1.07 bits per heavy atom. The highest BCUT2D eigenvalue weighted by Crippen LogP contribution is 2.39. The van der Waals surface area contributed by atoms with Gasteiger partial charge in [-0.05, 0) is 47.9 Å². The van der Waals surface area contributed by atoms with Crippen LogP contribution in [-0.2, 0) is 10.8 Å². The van der Waals surface area contributed by atoms with E-state index in [1.54, 1.807) is 6.21 Å². The molecule has 0 saturated heterocycles. The number of hydrogen-bond donors (Lipinski definition) is 1. The van der Waals surface area contributed by atoms with Gasteiger partial charge in [-0.3, -0.25) is 4.79 Å². The van der Waals surface area contributed by atoms with Crippen molar-refractivity contribution in [1.82, 2.24) is 9.66 Å². The van der Waals surface area contributed by atoms with E-state index in [0.717, 1.165) is 32.0 Å². The van der Waals surface area contributed by atoms with Gasteiger partial charge in [-0.25, -0.2) is 4.98 Å². The van der Waals surface area contributed by atoms with E-state index in [9.17, 15) is 9.90 Å². The minimum absolute atomic E-state index is 0.168. The third kappa shape index (κ3) is 3.99. The van der Waals surface area contributed by atoms with Gasteiger partial charge in [-0.1, -0.05) is 41.5 Å². The maximum Gasteiger partial charge on any atom is 0.282 e. The number of benzene rings is 1. The lowest BCUT2D eigenvalue weighted by atomic mass is 9.78. The molecule has 0 bridgehead atoms. The zero-order chi connectivity index (χ0) is 21.7. The van der Waals surface area contributed by atoms with Gasteiger partial charge in [0.1, 0.15) is 16.9 Å². The Labute approximate surface area is 175 Å². The van der Waals surface area contributed by atoms with Gasteiger partial charge in [0.25, 0.3) is 5.56 Å². The van der Waals surface area contributed by atoms with Gasteiger partial charge in [0.2, 0.25) is 0 Å². The van der Waals surface area contributed by atoms with E-state index in [-0.39, 0.29) is 16.4 Å². The zero-order valence-electron chi connectivity index (χ0n) is 18.4. The number of rotatable bonds is 2. The van der Waals surface area contributed by atoms with E-state index in [4.69, 9.17) is 0 Å². The lowest BCUT2D eigenvalue weighted by Gasteiger charge is -2.27. The Kier molecular flexibility index (Phi) is 5.20. The number of aromatic hydroxyl groups is 1. The number of hydrogen-bond acceptors (Lipinski definition) is 5. The fourth-order valence-corrected chi connectivity index (χ4v) is 4.30. The second kappa shape index (κ2) is 7.10. The van der Waals surface area contributed by atoms with Crippen molar-refractivity contribution in [2.45, 2.75) is 66.2 Å². The molecular formula is C23H29N3O2S. The molecule has 154 valence electrons. The Morgan fingerprint density at radius 2 is 1.62 bits per heavy atom. The van der Waals surface area contributed by atoms with Gasteiger partial charge in [-0.2, -0.15) is 9.78 Å². The van der Waals surface area contributed by atoms with Crippen LogP contribution in [-0.4, -0.2) is 21.0 Å². The average molecular weight is 412 g/mol. The molecule has 0 aliphatic heterocycles. The van der Waals surface area contributed by atoms with E-state index >= 15 is 0 Å². The third-order valence-corrected chi connectivity index (χ3v) is 6.27. The molecule has 2 aromatic heterocycles. The fraction of sp³-hybridized carbons (Fsp3) is 0.435. The molecule has 3 aromatic rings. The second-order valence-corrected chi connectivity index (χ2v) is 10.8. The average Bonchev–Trinajstić information content (AvgIpc) is 2.88. The van der Waals surface area contributed by atoms with Gasteiger partial charge in [-0.15, -0.1) is 11.3 Å². The van der Waals surface area contributed by atoms with Gasteiger partial charge in [0.05, 0.1) is 11.6 Å². The topological polar surface area (TPSA) is 67.5 Å². The highest BCUT2D eigenvalue weighted by atomic mass is 32.1. The molecular weight excluding hydrogens is 382 g/mol. The van der Waals surface area contributed by atoms with Crippen LogP contribution in [0.5, 0.6) is 5.75 Å². The van der Waals surface area contributed by atoms with Crippen LogP contribution >= 0.6 is 11.3 Å². The van der Waals surface area contributed by atoms with Crippen molar-refractivity contribution >= 4 is 27.8 Å². The highest BCUT2D eigenvalue weighted by Gasteiger charge is 2.26. The van der Waals surface area contributed by atoms with E-state index < -0.39 is 0 Å². The lowest BCUT2D eigenvalue weighted by molar-refractivity contribution is 0.423. The normalized spacial score (nSPS) is 13.0. The van der Waals surface area contributed by atoms with Crippen LogP contribution in [0, 0.1) is 13.8 Å². The predicted octanol–water partition coefficient (Wildman–Crippen LogP) is 5.26. The van der Waals surface area contributed by atoms with Gasteiger partial charge in [0, 0.05) is 16.0 Å². The van der Waals surface area contributed by atoms with Crippen LogP contribution in [0.4, 0.5) is 0 Å². The first-order valence-corrected chi connectivity index (χ1v) is 10.5. The summed E-state index contributed by atoms with van der Waals surface area (Å²) < 4.78 is 1.28. The van der Waals surface area contributed by atoms with Gasteiger partial charge >= 0.3 is 0 Å². The van der Waals surface area contributed by atoms with E-state index in [1.165, 1.54) is 22.3 Å². The van der Waals surface area contributed by atoms with Crippen molar-refractivity contribution in [1.29, 1.82) is 0 Å². The van der Waals surface area contributed by atoms with Gasteiger partial charge in [0.15, 0.2) is 0 Å². The summed E-state index contributed by atoms with van der Waals surface area (Å²) in [5, 5.41) is 15.9. The number of thiophene rings is 1. The summed E-state index contributed by atoms with van der Waals surface area (Å²) >= 11 is 1.52. The second-order valence-electron chi connectivity index (χ2n) is 9.57.